The second-order valence-corrected chi connectivity index (χ2v) is 8.39. The van der Waals surface area contributed by atoms with Gasteiger partial charge < -0.3 is 4.74 Å². The van der Waals surface area contributed by atoms with Gasteiger partial charge in [-0.1, -0.05) is 6.42 Å². The van der Waals surface area contributed by atoms with Gasteiger partial charge >= 0.3 is 5.97 Å². The van der Waals surface area contributed by atoms with Gasteiger partial charge in [0.1, 0.15) is 0 Å². The summed E-state index contributed by atoms with van der Waals surface area (Å²) >= 11 is 0. The predicted molar refractivity (Wildman–Crippen MR) is 74.4 cm³/mol. The first kappa shape index (κ1) is 14.3. The van der Waals surface area contributed by atoms with E-state index in [1.54, 1.807) is 0 Å². The summed E-state index contributed by atoms with van der Waals surface area (Å²) in [5.41, 5.74) is 0. The summed E-state index contributed by atoms with van der Waals surface area (Å²) in [4.78, 5) is 11.7. The number of ether oxygens (including phenoxy) is 1. The van der Waals surface area contributed by atoms with Crippen molar-refractivity contribution in [1.29, 1.82) is 0 Å². The molecule has 2 atom stereocenters. The fourth-order valence-corrected chi connectivity index (χ4v) is 5.58. The largest absolute Gasteiger partial charge is 0.469 e. The standard InChI is InChI=1S/C14H23NO4S/c1-19-14(16)11-3-2-4-12(11)20(17,18)15-13(9-5-6-9)10-7-8-10/h9-13,15H,2-8H2,1H3. The van der Waals surface area contributed by atoms with Gasteiger partial charge in [-0.3, -0.25) is 4.79 Å². The number of rotatable bonds is 6. The Morgan fingerprint density at radius 1 is 1.10 bits per heavy atom. The Morgan fingerprint density at radius 2 is 1.70 bits per heavy atom. The Bertz CT molecular complexity index is 469. The van der Waals surface area contributed by atoms with E-state index in [4.69, 9.17) is 4.74 Å². The number of hydrogen-bond acceptors (Lipinski definition) is 4. The molecule has 3 saturated carbocycles. The summed E-state index contributed by atoms with van der Waals surface area (Å²) in [5.74, 6) is 0.175. The van der Waals surface area contributed by atoms with E-state index in [2.05, 4.69) is 4.72 Å². The molecule has 2 unspecified atom stereocenters. The summed E-state index contributed by atoms with van der Waals surface area (Å²) in [6.45, 7) is 0. The lowest BCUT2D eigenvalue weighted by Crippen LogP contribution is -2.45. The summed E-state index contributed by atoms with van der Waals surface area (Å²) in [7, 11) is -2.10. The molecule has 0 aromatic heterocycles. The van der Waals surface area contributed by atoms with Gasteiger partial charge in [0.05, 0.1) is 18.3 Å². The number of methoxy groups -OCH3 is 1. The van der Waals surface area contributed by atoms with E-state index in [0.717, 1.165) is 32.1 Å². The SMILES string of the molecule is COC(=O)C1CCCC1S(=O)(=O)NC(C1CC1)C1CC1. The van der Waals surface area contributed by atoms with Crippen LogP contribution in [-0.4, -0.2) is 32.8 Å². The molecule has 0 aliphatic heterocycles. The summed E-state index contributed by atoms with van der Waals surface area (Å²) in [6.07, 6.45) is 6.50. The van der Waals surface area contributed by atoms with Crippen molar-refractivity contribution in [3.63, 3.8) is 0 Å². The zero-order valence-electron chi connectivity index (χ0n) is 11.9. The zero-order chi connectivity index (χ0) is 14.3. The number of esters is 1. The van der Waals surface area contributed by atoms with Crippen LogP contribution in [0.4, 0.5) is 0 Å². The van der Waals surface area contributed by atoms with Crippen molar-refractivity contribution in [2.45, 2.75) is 56.2 Å². The minimum atomic E-state index is -3.42. The third kappa shape index (κ3) is 2.86. The zero-order valence-corrected chi connectivity index (χ0v) is 12.7. The highest BCUT2D eigenvalue weighted by Gasteiger charge is 2.47. The average molecular weight is 301 g/mol. The van der Waals surface area contributed by atoms with E-state index in [1.165, 1.54) is 7.11 Å². The Morgan fingerprint density at radius 3 is 2.20 bits per heavy atom. The smallest absolute Gasteiger partial charge is 0.310 e. The van der Waals surface area contributed by atoms with Crippen LogP contribution < -0.4 is 4.72 Å². The van der Waals surface area contributed by atoms with Gasteiger partial charge in [-0.2, -0.15) is 0 Å². The molecule has 0 amide bonds. The summed E-state index contributed by atoms with van der Waals surface area (Å²) < 4.78 is 32.9. The minimum absolute atomic E-state index is 0.110. The third-order valence-corrected chi connectivity index (χ3v) is 6.88. The van der Waals surface area contributed by atoms with E-state index in [9.17, 15) is 13.2 Å². The molecule has 0 radical (unpaired) electrons. The highest BCUT2D eigenvalue weighted by atomic mass is 32.2. The maximum atomic E-state index is 12.6. The molecule has 3 aliphatic rings. The molecular formula is C14H23NO4S. The van der Waals surface area contributed by atoms with Crippen LogP contribution in [0, 0.1) is 17.8 Å². The van der Waals surface area contributed by atoms with Crippen molar-refractivity contribution >= 4 is 16.0 Å². The molecule has 0 spiro atoms. The van der Waals surface area contributed by atoms with Gasteiger partial charge in [-0.15, -0.1) is 0 Å². The molecule has 3 aliphatic carbocycles. The van der Waals surface area contributed by atoms with E-state index in [0.29, 0.717) is 24.7 Å². The Labute approximate surface area is 120 Å². The number of carbonyl (C=O) groups is 1. The van der Waals surface area contributed by atoms with Crippen LogP contribution in [0.3, 0.4) is 0 Å². The number of sulfonamides is 1. The summed E-state index contributed by atoms with van der Waals surface area (Å²) in [5, 5.41) is -0.602. The quantitative estimate of drug-likeness (QED) is 0.753. The van der Waals surface area contributed by atoms with Crippen LogP contribution in [0.25, 0.3) is 0 Å². The maximum absolute atomic E-state index is 12.6. The number of hydrogen-bond donors (Lipinski definition) is 1. The molecule has 1 N–H and O–H groups in total. The van der Waals surface area contributed by atoms with E-state index in [1.807, 2.05) is 0 Å². The molecule has 3 fully saturated rings. The van der Waals surface area contributed by atoms with Crippen molar-refractivity contribution in [3.05, 3.63) is 0 Å². The van der Waals surface area contributed by atoms with Gasteiger partial charge in [0.25, 0.3) is 0 Å². The molecule has 6 heteroatoms. The molecule has 0 heterocycles. The van der Waals surface area contributed by atoms with Crippen molar-refractivity contribution in [3.8, 4) is 0 Å². The topological polar surface area (TPSA) is 72.5 Å². The first-order valence-electron chi connectivity index (χ1n) is 7.62. The monoisotopic (exact) mass is 301 g/mol. The molecule has 0 aromatic carbocycles. The van der Waals surface area contributed by atoms with Crippen molar-refractivity contribution < 1.29 is 17.9 Å². The van der Waals surface area contributed by atoms with Gasteiger partial charge in [-0.25, -0.2) is 13.1 Å². The normalized spacial score (nSPS) is 30.7. The van der Waals surface area contributed by atoms with Gasteiger partial charge in [0.15, 0.2) is 0 Å². The van der Waals surface area contributed by atoms with Crippen LogP contribution >= 0.6 is 0 Å². The maximum Gasteiger partial charge on any atom is 0.310 e. The molecule has 20 heavy (non-hydrogen) atoms. The molecule has 5 nitrogen and oxygen atoms in total. The van der Waals surface area contributed by atoms with E-state index in [-0.39, 0.29) is 12.0 Å². The van der Waals surface area contributed by atoms with Crippen LogP contribution in [0.1, 0.15) is 44.9 Å². The number of nitrogens with one attached hydrogen (secondary N) is 1. The molecule has 114 valence electrons. The lowest BCUT2D eigenvalue weighted by atomic mass is 10.1. The van der Waals surface area contributed by atoms with Crippen LogP contribution in [0.5, 0.6) is 0 Å². The molecule has 0 aromatic rings. The van der Waals surface area contributed by atoms with Crippen molar-refractivity contribution in [2.75, 3.05) is 7.11 Å². The molecule has 0 bridgehead atoms. The van der Waals surface area contributed by atoms with Gasteiger partial charge in [0.2, 0.25) is 10.0 Å². The Kier molecular flexibility index (Phi) is 3.79. The predicted octanol–water partition coefficient (Wildman–Crippen LogP) is 1.44. The van der Waals surface area contributed by atoms with Gasteiger partial charge in [0, 0.05) is 6.04 Å². The third-order valence-electron chi connectivity index (χ3n) is 4.92. The molecule has 3 rings (SSSR count). The minimum Gasteiger partial charge on any atom is -0.469 e. The Hall–Kier alpha value is -0.620. The highest BCUT2D eigenvalue weighted by molar-refractivity contribution is 7.90. The van der Waals surface area contributed by atoms with Crippen LogP contribution in [-0.2, 0) is 19.6 Å². The lowest BCUT2D eigenvalue weighted by molar-refractivity contribution is -0.145. The van der Waals surface area contributed by atoms with Crippen molar-refractivity contribution in [2.24, 2.45) is 17.8 Å². The van der Waals surface area contributed by atoms with Gasteiger partial charge in [-0.05, 0) is 50.4 Å². The second kappa shape index (κ2) is 5.30. The second-order valence-electron chi connectivity index (χ2n) is 6.46. The lowest BCUT2D eigenvalue weighted by Gasteiger charge is -2.23. The fourth-order valence-electron chi connectivity index (χ4n) is 3.48. The van der Waals surface area contributed by atoms with Crippen LogP contribution in [0.2, 0.25) is 0 Å². The van der Waals surface area contributed by atoms with E-state index < -0.39 is 21.2 Å². The molecule has 0 saturated heterocycles. The first-order valence-corrected chi connectivity index (χ1v) is 9.16. The number of carbonyl (C=O) groups excluding carboxylic acids is 1. The first-order chi connectivity index (χ1) is 9.53. The Balaban J connectivity index is 1.71. The highest BCUT2D eigenvalue weighted by Crippen LogP contribution is 2.45. The van der Waals surface area contributed by atoms with Crippen molar-refractivity contribution in [1.82, 2.24) is 4.72 Å². The molecular weight excluding hydrogens is 278 g/mol. The average Bonchev–Trinajstić information content (AvgIpc) is 3.33. The van der Waals surface area contributed by atoms with E-state index >= 15 is 0 Å². The fraction of sp³-hybridized carbons (Fsp3) is 0.929. The van der Waals surface area contributed by atoms with Crippen LogP contribution in [0.15, 0.2) is 0 Å². The summed E-state index contributed by atoms with van der Waals surface area (Å²) in [6, 6.07) is 0.110.